The third kappa shape index (κ3) is 2.93. The lowest BCUT2D eigenvalue weighted by Crippen LogP contribution is -2.30. The highest BCUT2D eigenvalue weighted by Gasteiger charge is 2.22. The lowest BCUT2D eigenvalue weighted by Gasteiger charge is -2.31. The molecule has 0 radical (unpaired) electrons. The van der Waals surface area contributed by atoms with Crippen molar-refractivity contribution in [1.29, 1.82) is 0 Å². The molecule has 1 aliphatic heterocycles. The van der Waals surface area contributed by atoms with Gasteiger partial charge in [-0.1, -0.05) is 12.5 Å². The van der Waals surface area contributed by atoms with E-state index in [1.54, 1.807) is 6.20 Å². The molecular weight excluding hydrogens is 250 g/mol. The number of nitrogens with one attached hydrogen (secondary N) is 1. The average molecular weight is 269 g/mol. The van der Waals surface area contributed by atoms with Crippen LogP contribution >= 0.6 is 0 Å². The first-order valence-electron chi connectivity index (χ1n) is 7.04. The van der Waals surface area contributed by atoms with Gasteiger partial charge in [0.1, 0.15) is 5.82 Å². The molecule has 5 heteroatoms. The molecular formula is C15H19N5. The summed E-state index contributed by atoms with van der Waals surface area (Å²) in [6.07, 6.45) is 7.27. The Morgan fingerprint density at radius 1 is 1.15 bits per heavy atom. The van der Waals surface area contributed by atoms with Gasteiger partial charge in [0.05, 0.1) is 11.7 Å². The maximum atomic E-state index is 4.64. The van der Waals surface area contributed by atoms with Crippen molar-refractivity contribution in [2.75, 3.05) is 18.9 Å². The van der Waals surface area contributed by atoms with E-state index in [4.69, 9.17) is 0 Å². The number of piperidine rings is 1. The average Bonchev–Trinajstić information content (AvgIpc) is 2.49. The van der Waals surface area contributed by atoms with E-state index in [0.717, 1.165) is 24.5 Å². The van der Waals surface area contributed by atoms with Crippen LogP contribution in [0.2, 0.25) is 0 Å². The van der Waals surface area contributed by atoms with Gasteiger partial charge in [-0.25, -0.2) is 15.0 Å². The van der Waals surface area contributed by atoms with Gasteiger partial charge in [0.15, 0.2) is 0 Å². The highest BCUT2D eigenvalue weighted by Crippen LogP contribution is 2.28. The van der Waals surface area contributed by atoms with Gasteiger partial charge in [-0.2, -0.15) is 0 Å². The molecule has 2 aromatic rings. The molecule has 1 N–H and O–H groups in total. The maximum absolute atomic E-state index is 4.64. The summed E-state index contributed by atoms with van der Waals surface area (Å²) < 4.78 is 0. The molecule has 0 bridgehead atoms. The number of nitrogens with zero attached hydrogens (tertiary/aromatic N) is 4. The Labute approximate surface area is 119 Å². The second-order valence-corrected chi connectivity index (χ2v) is 5.14. The zero-order valence-electron chi connectivity index (χ0n) is 11.7. The van der Waals surface area contributed by atoms with Crippen LogP contribution in [-0.2, 0) is 0 Å². The predicted molar refractivity (Wildman–Crippen MR) is 78.8 cm³/mol. The van der Waals surface area contributed by atoms with Crippen molar-refractivity contribution in [1.82, 2.24) is 19.9 Å². The van der Waals surface area contributed by atoms with E-state index in [9.17, 15) is 0 Å². The van der Waals surface area contributed by atoms with Crippen LogP contribution in [-0.4, -0.2) is 33.4 Å². The van der Waals surface area contributed by atoms with Crippen molar-refractivity contribution in [3.8, 4) is 0 Å². The van der Waals surface area contributed by atoms with Crippen LogP contribution < -0.4 is 5.32 Å². The number of hydrogen-bond acceptors (Lipinski definition) is 5. The third-order valence-corrected chi connectivity index (χ3v) is 3.69. The summed E-state index contributed by atoms with van der Waals surface area (Å²) in [5.41, 5.74) is 1.08. The summed E-state index contributed by atoms with van der Waals surface area (Å²) in [4.78, 5) is 15.5. The normalized spacial score (nSPS) is 19.8. The number of likely N-dealkylation sites (tertiary alicyclic amines) is 1. The van der Waals surface area contributed by atoms with Crippen molar-refractivity contribution >= 4 is 11.8 Å². The Kier molecular flexibility index (Phi) is 3.87. The van der Waals surface area contributed by atoms with E-state index >= 15 is 0 Å². The summed E-state index contributed by atoms with van der Waals surface area (Å²) in [6.45, 7) is 1.14. The van der Waals surface area contributed by atoms with Crippen LogP contribution in [0, 0.1) is 0 Å². The summed E-state index contributed by atoms with van der Waals surface area (Å²) in [5.74, 6) is 1.38. The fourth-order valence-electron chi connectivity index (χ4n) is 2.62. The molecule has 1 atom stereocenters. The molecule has 2 aromatic heterocycles. The van der Waals surface area contributed by atoms with Crippen LogP contribution in [0.3, 0.4) is 0 Å². The van der Waals surface area contributed by atoms with Gasteiger partial charge in [-0.05, 0) is 44.6 Å². The Bertz CT molecular complexity index is 557. The minimum absolute atomic E-state index is 0.399. The van der Waals surface area contributed by atoms with Crippen LogP contribution in [0.5, 0.6) is 0 Å². The zero-order chi connectivity index (χ0) is 13.8. The fraction of sp³-hybridized carbons (Fsp3) is 0.400. The van der Waals surface area contributed by atoms with Gasteiger partial charge in [0, 0.05) is 12.4 Å². The summed E-state index contributed by atoms with van der Waals surface area (Å²) >= 11 is 0. The van der Waals surface area contributed by atoms with E-state index in [0.29, 0.717) is 12.0 Å². The quantitative estimate of drug-likeness (QED) is 0.928. The Morgan fingerprint density at radius 3 is 2.90 bits per heavy atom. The second kappa shape index (κ2) is 5.96. The lowest BCUT2D eigenvalue weighted by molar-refractivity contribution is 0.183. The maximum Gasteiger partial charge on any atom is 0.228 e. The van der Waals surface area contributed by atoms with E-state index < -0.39 is 0 Å². The fourth-order valence-corrected chi connectivity index (χ4v) is 2.62. The number of rotatable bonds is 3. The van der Waals surface area contributed by atoms with Gasteiger partial charge in [-0.3, -0.25) is 4.90 Å². The second-order valence-electron chi connectivity index (χ2n) is 5.14. The molecule has 0 aromatic carbocycles. The Balaban J connectivity index is 1.79. The minimum atomic E-state index is 0.399. The first kappa shape index (κ1) is 13.0. The minimum Gasteiger partial charge on any atom is -0.309 e. The van der Waals surface area contributed by atoms with Gasteiger partial charge in [0.2, 0.25) is 5.95 Å². The van der Waals surface area contributed by atoms with Gasteiger partial charge in [-0.15, -0.1) is 0 Å². The highest BCUT2D eigenvalue weighted by atomic mass is 15.2. The number of anilines is 2. The van der Waals surface area contributed by atoms with Gasteiger partial charge >= 0.3 is 0 Å². The molecule has 20 heavy (non-hydrogen) atoms. The van der Waals surface area contributed by atoms with E-state index in [1.807, 2.05) is 30.5 Å². The Hall–Kier alpha value is -2.01. The molecule has 0 aliphatic carbocycles. The topological polar surface area (TPSA) is 53.9 Å². The van der Waals surface area contributed by atoms with Gasteiger partial charge in [0.25, 0.3) is 0 Å². The molecule has 104 valence electrons. The molecule has 0 amide bonds. The molecule has 0 unspecified atom stereocenters. The lowest BCUT2D eigenvalue weighted by atomic mass is 10.00. The van der Waals surface area contributed by atoms with Crippen LogP contribution in [0.1, 0.15) is 31.0 Å². The first-order chi connectivity index (χ1) is 9.83. The standard InChI is InChI=1S/C15H19N5/c1-20-11-5-3-6-13(20)12-8-10-17-15(18-12)19-14-7-2-4-9-16-14/h2,4,7-10,13H,3,5-6,11H2,1H3,(H,16,17,18,19)/t13-/m0/s1. The monoisotopic (exact) mass is 269 g/mol. The molecule has 0 spiro atoms. The summed E-state index contributed by atoms with van der Waals surface area (Å²) in [6, 6.07) is 8.14. The number of pyridine rings is 1. The first-order valence-corrected chi connectivity index (χ1v) is 7.04. The molecule has 1 aliphatic rings. The Morgan fingerprint density at radius 2 is 2.10 bits per heavy atom. The summed E-state index contributed by atoms with van der Waals surface area (Å²) in [7, 11) is 2.16. The predicted octanol–water partition coefficient (Wildman–Crippen LogP) is 2.77. The zero-order valence-corrected chi connectivity index (χ0v) is 11.7. The van der Waals surface area contributed by atoms with E-state index in [1.165, 1.54) is 12.8 Å². The highest BCUT2D eigenvalue weighted by molar-refractivity contribution is 5.46. The molecule has 3 rings (SSSR count). The van der Waals surface area contributed by atoms with Crippen molar-refractivity contribution in [2.24, 2.45) is 0 Å². The smallest absolute Gasteiger partial charge is 0.228 e. The van der Waals surface area contributed by atoms with E-state index in [-0.39, 0.29) is 0 Å². The van der Waals surface area contributed by atoms with Crippen LogP contribution in [0.25, 0.3) is 0 Å². The molecule has 5 nitrogen and oxygen atoms in total. The SMILES string of the molecule is CN1CCCC[C@H]1c1ccnc(Nc2ccccn2)n1. The third-order valence-electron chi connectivity index (χ3n) is 3.69. The molecule has 0 saturated carbocycles. The molecule has 3 heterocycles. The van der Waals surface area contributed by atoms with Crippen molar-refractivity contribution < 1.29 is 0 Å². The van der Waals surface area contributed by atoms with Crippen LogP contribution in [0.4, 0.5) is 11.8 Å². The largest absolute Gasteiger partial charge is 0.309 e. The molecule has 1 fully saturated rings. The van der Waals surface area contributed by atoms with E-state index in [2.05, 4.69) is 32.2 Å². The molecule has 1 saturated heterocycles. The van der Waals surface area contributed by atoms with Crippen LogP contribution in [0.15, 0.2) is 36.7 Å². The van der Waals surface area contributed by atoms with Gasteiger partial charge < -0.3 is 5.32 Å². The summed E-state index contributed by atoms with van der Waals surface area (Å²) in [5, 5.41) is 3.15. The van der Waals surface area contributed by atoms with Crippen molar-refractivity contribution in [2.45, 2.75) is 25.3 Å². The number of aromatic nitrogens is 3. The van der Waals surface area contributed by atoms with Crippen molar-refractivity contribution in [3.05, 3.63) is 42.4 Å². The number of hydrogen-bond donors (Lipinski definition) is 1. The van der Waals surface area contributed by atoms with Crippen molar-refractivity contribution in [3.63, 3.8) is 0 Å².